The Balaban J connectivity index is 2.08. The molecule has 4 saturated carbocycles. The number of Topliss-reactive ketones (excluding diaryl/α,β-unsaturated/α-hetero) is 1. The lowest BCUT2D eigenvalue weighted by Gasteiger charge is -2.09. The van der Waals surface area contributed by atoms with E-state index >= 15 is 0 Å². The maximum absolute atomic E-state index is 11.6. The van der Waals surface area contributed by atoms with Crippen LogP contribution in [0.1, 0.15) is 19.8 Å². The van der Waals surface area contributed by atoms with Crippen molar-refractivity contribution in [3.8, 4) is 0 Å². The number of methoxy groups -OCH3 is 1. The molecule has 4 fully saturated rings. The molecule has 70 valence electrons. The molecule has 0 N–H and O–H groups in total. The van der Waals surface area contributed by atoms with E-state index in [1.54, 1.807) is 0 Å². The largest absolute Gasteiger partial charge is 0.469 e. The van der Waals surface area contributed by atoms with Gasteiger partial charge in [0.1, 0.15) is 5.78 Å². The van der Waals surface area contributed by atoms with Gasteiger partial charge in [0.2, 0.25) is 0 Å². The van der Waals surface area contributed by atoms with Crippen molar-refractivity contribution < 1.29 is 14.3 Å². The lowest BCUT2D eigenvalue weighted by atomic mass is 9.99. The van der Waals surface area contributed by atoms with Crippen molar-refractivity contribution in [2.75, 3.05) is 7.11 Å². The number of carbonyl (C=O) groups is 2. The fourth-order valence-corrected chi connectivity index (χ4v) is 3.99. The van der Waals surface area contributed by atoms with Crippen LogP contribution in [0.2, 0.25) is 0 Å². The standard InChI is InChI=1S/C10H12O3/c1-9-3-5-4-10(9,8(12)13-2)7(9)6(5)11/h5,7H,3-4H2,1-2H3. The summed E-state index contributed by atoms with van der Waals surface area (Å²) in [6.07, 6.45) is 1.66. The third kappa shape index (κ3) is 0.478. The Morgan fingerprint density at radius 3 is 2.54 bits per heavy atom. The van der Waals surface area contributed by atoms with Gasteiger partial charge in [0.25, 0.3) is 0 Å². The summed E-state index contributed by atoms with van der Waals surface area (Å²) in [5.74, 6) is 0.313. The summed E-state index contributed by atoms with van der Waals surface area (Å²) in [5.41, 5.74) is -0.439. The summed E-state index contributed by atoms with van der Waals surface area (Å²) >= 11 is 0. The van der Waals surface area contributed by atoms with Crippen LogP contribution in [0.4, 0.5) is 0 Å². The average molecular weight is 180 g/mol. The second-order valence-corrected chi connectivity index (χ2v) is 4.82. The fourth-order valence-electron chi connectivity index (χ4n) is 3.99. The van der Waals surface area contributed by atoms with Crippen LogP contribution in [0.5, 0.6) is 0 Å². The Bertz CT molecular complexity index is 335. The highest BCUT2D eigenvalue weighted by Crippen LogP contribution is 2.85. The number of esters is 1. The van der Waals surface area contributed by atoms with Crippen LogP contribution < -0.4 is 0 Å². The lowest BCUT2D eigenvalue weighted by molar-refractivity contribution is -0.148. The van der Waals surface area contributed by atoms with Gasteiger partial charge in [-0.05, 0) is 18.3 Å². The average Bonchev–Trinajstić information content (AvgIpc) is 2.40. The van der Waals surface area contributed by atoms with Crippen LogP contribution in [-0.2, 0) is 14.3 Å². The lowest BCUT2D eigenvalue weighted by Crippen LogP contribution is -2.19. The van der Waals surface area contributed by atoms with Gasteiger partial charge >= 0.3 is 5.97 Å². The zero-order valence-electron chi connectivity index (χ0n) is 7.79. The Kier molecular flexibility index (Phi) is 0.972. The van der Waals surface area contributed by atoms with E-state index in [4.69, 9.17) is 4.74 Å². The van der Waals surface area contributed by atoms with Gasteiger partial charge < -0.3 is 4.74 Å². The summed E-state index contributed by atoms with van der Waals surface area (Å²) in [5, 5.41) is 0. The number of carbonyl (C=O) groups excluding carboxylic acids is 2. The third-order valence-electron chi connectivity index (χ3n) is 4.54. The van der Waals surface area contributed by atoms with E-state index in [9.17, 15) is 9.59 Å². The van der Waals surface area contributed by atoms with Crippen molar-refractivity contribution in [3.63, 3.8) is 0 Å². The SMILES string of the molecule is COC(=O)C12CC3CC1(C)C2C3=O. The topological polar surface area (TPSA) is 43.4 Å². The summed E-state index contributed by atoms with van der Waals surface area (Å²) in [6, 6.07) is 0. The van der Waals surface area contributed by atoms with Gasteiger partial charge in [-0.3, -0.25) is 9.59 Å². The molecule has 4 aliphatic carbocycles. The Hall–Kier alpha value is -0.860. The predicted octanol–water partition coefficient (Wildman–Crippen LogP) is 0.775. The molecule has 4 unspecified atom stereocenters. The molecule has 0 saturated heterocycles. The van der Waals surface area contributed by atoms with Crippen LogP contribution in [0, 0.1) is 22.7 Å². The van der Waals surface area contributed by atoms with Crippen molar-refractivity contribution in [2.24, 2.45) is 22.7 Å². The van der Waals surface area contributed by atoms with Gasteiger partial charge in [0, 0.05) is 11.8 Å². The summed E-state index contributed by atoms with van der Waals surface area (Å²) in [4.78, 5) is 23.2. The van der Waals surface area contributed by atoms with E-state index in [1.165, 1.54) is 7.11 Å². The van der Waals surface area contributed by atoms with Crippen LogP contribution in [-0.4, -0.2) is 18.9 Å². The molecule has 0 amide bonds. The summed E-state index contributed by atoms with van der Waals surface area (Å²) in [7, 11) is 1.41. The van der Waals surface area contributed by atoms with Gasteiger partial charge in [0.05, 0.1) is 12.5 Å². The zero-order valence-corrected chi connectivity index (χ0v) is 7.79. The zero-order chi connectivity index (χ0) is 9.43. The molecule has 0 radical (unpaired) electrons. The van der Waals surface area contributed by atoms with Gasteiger partial charge in [-0.1, -0.05) is 6.92 Å². The monoisotopic (exact) mass is 180 g/mol. The predicted molar refractivity (Wildman–Crippen MR) is 43.8 cm³/mol. The minimum Gasteiger partial charge on any atom is -0.469 e. The molecule has 4 bridgehead atoms. The number of hydrogen-bond acceptors (Lipinski definition) is 3. The highest BCUT2D eigenvalue weighted by Gasteiger charge is 2.90. The van der Waals surface area contributed by atoms with Gasteiger partial charge in [-0.2, -0.15) is 0 Å². The van der Waals surface area contributed by atoms with Gasteiger partial charge in [-0.25, -0.2) is 0 Å². The molecule has 0 aromatic carbocycles. The van der Waals surface area contributed by atoms with E-state index in [-0.39, 0.29) is 23.2 Å². The van der Waals surface area contributed by atoms with Crippen LogP contribution in [0.3, 0.4) is 0 Å². The van der Waals surface area contributed by atoms with Crippen molar-refractivity contribution in [3.05, 3.63) is 0 Å². The molecule has 13 heavy (non-hydrogen) atoms. The van der Waals surface area contributed by atoms with Crippen molar-refractivity contribution in [1.29, 1.82) is 0 Å². The number of ether oxygens (including phenoxy) is 1. The molecular formula is C10H12O3. The highest BCUT2D eigenvalue weighted by molar-refractivity contribution is 6.04. The summed E-state index contributed by atoms with van der Waals surface area (Å²) < 4.78 is 4.80. The molecule has 0 heterocycles. The second-order valence-electron chi connectivity index (χ2n) is 4.82. The van der Waals surface area contributed by atoms with Crippen molar-refractivity contribution >= 4 is 11.8 Å². The molecule has 3 nitrogen and oxygen atoms in total. The molecule has 4 aliphatic rings. The second kappa shape index (κ2) is 1.68. The van der Waals surface area contributed by atoms with Crippen LogP contribution >= 0.6 is 0 Å². The van der Waals surface area contributed by atoms with Crippen LogP contribution in [0.25, 0.3) is 0 Å². The normalized spacial score (nSPS) is 55.4. The van der Waals surface area contributed by atoms with Crippen molar-refractivity contribution in [1.82, 2.24) is 0 Å². The maximum Gasteiger partial charge on any atom is 0.313 e. The smallest absolute Gasteiger partial charge is 0.313 e. The third-order valence-corrected chi connectivity index (χ3v) is 4.54. The first-order valence-corrected chi connectivity index (χ1v) is 4.70. The quantitative estimate of drug-likeness (QED) is 0.560. The molecule has 4 atom stereocenters. The first-order chi connectivity index (χ1) is 6.08. The Morgan fingerprint density at radius 2 is 2.23 bits per heavy atom. The van der Waals surface area contributed by atoms with Gasteiger partial charge in [0.15, 0.2) is 0 Å². The minimum atomic E-state index is -0.399. The minimum absolute atomic E-state index is 0.00236. The Morgan fingerprint density at radius 1 is 1.54 bits per heavy atom. The molecular weight excluding hydrogens is 168 g/mol. The van der Waals surface area contributed by atoms with E-state index in [1.807, 2.05) is 0 Å². The van der Waals surface area contributed by atoms with Crippen molar-refractivity contribution in [2.45, 2.75) is 19.8 Å². The molecule has 0 aliphatic heterocycles. The van der Waals surface area contributed by atoms with E-state index in [0.29, 0.717) is 5.78 Å². The first-order valence-electron chi connectivity index (χ1n) is 4.70. The molecule has 0 aromatic heterocycles. The fraction of sp³-hybridized carbons (Fsp3) is 0.800. The van der Waals surface area contributed by atoms with E-state index in [0.717, 1.165) is 12.8 Å². The highest BCUT2D eigenvalue weighted by atomic mass is 16.5. The van der Waals surface area contributed by atoms with Gasteiger partial charge in [-0.15, -0.1) is 0 Å². The molecule has 3 heteroatoms. The van der Waals surface area contributed by atoms with E-state index < -0.39 is 5.41 Å². The number of ketones is 1. The van der Waals surface area contributed by atoms with E-state index in [2.05, 4.69) is 6.92 Å². The summed E-state index contributed by atoms with van der Waals surface area (Å²) in [6.45, 7) is 2.06. The number of rotatable bonds is 1. The van der Waals surface area contributed by atoms with Crippen LogP contribution in [0.15, 0.2) is 0 Å². The first kappa shape index (κ1) is 7.54. The molecule has 0 aromatic rings. The molecule has 0 spiro atoms. The Labute approximate surface area is 76.4 Å². The maximum atomic E-state index is 11.6. The molecule has 4 rings (SSSR count). The number of hydrogen-bond donors (Lipinski definition) is 0.